The van der Waals surface area contributed by atoms with E-state index in [9.17, 15) is 9.59 Å². The number of amides is 1. The van der Waals surface area contributed by atoms with E-state index in [1.165, 1.54) is 11.8 Å². The Labute approximate surface area is 184 Å². The maximum absolute atomic E-state index is 12.7. The molecule has 0 bridgehead atoms. The van der Waals surface area contributed by atoms with Crippen LogP contribution in [0.25, 0.3) is 0 Å². The van der Waals surface area contributed by atoms with Gasteiger partial charge < -0.3 is 19.1 Å². The van der Waals surface area contributed by atoms with Crippen molar-refractivity contribution < 1.29 is 23.8 Å². The number of nitrogens with zero attached hydrogens (tertiary/aromatic N) is 1. The lowest BCUT2D eigenvalue weighted by Gasteiger charge is -2.24. The average molecular weight is 438 g/mol. The second-order valence-electron chi connectivity index (χ2n) is 9.37. The molecule has 1 saturated heterocycles. The van der Waals surface area contributed by atoms with Crippen LogP contribution in [0.5, 0.6) is 11.5 Å². The van der Waals surface area contributed by atoms with Crippen LogP contribution in [0.1, 0.15) is 51.7 Å². The molecule has 1 heterocycles. The quantitative estimate of drug-likeness (QED) is 0.594. The predicted octanol–water partition coefficient (Wildman–Crippen LogP) is 5.06. The molecule has 1 aliphatic heterocycles. The highest BCUT2D eigenvalue weighted by atomic mass is 32.2. The molecule has 1 aliphatic rings. The third-order valence-electron chi connectivity index (χ3n) is 5.50. The minimum atomic E-state index is -0.513. The summed E-state index contributed by atoms with van der Waals surface area (Å²) < 4.78 is 16.2. The van der Waals surface area contributed by atoms with Crippen molar-refractivity contribution in [2.24, 2.45) is 10.8 Å². The van der Waals surface area contributed by atoms with Gasteiger partial charge in [0.15, 0.2) is 16.6 Å². The summed E-state index contributed by atoms with van der Waals surface area (Å²) in [7, 11) is 3.16. The molecule has 7 heteroatoms. The van der Waals surface area contributed by atoms with Gasteiger partial charge in [-0.15, -0.1) is 0 Å². The fourth-order valence-corrected chi connectivity index (χ4v) is 4.73. The molecule has 1 aromatic rings. The molecule has 0 saturated carbocycles. The van der Waals surface area contributed by atoms with Gasteiger partial charge in [-0.05, 0) is 55.4 Å². The lowest BCUT2D eigenvalue weighted by molar-refractivity contribution is -0.118. The first-order valence-electron chi connectivity index (χ1n) is 10.3. The summed E-state index contributed by atoms with van der Waals surface area (Å²) in [6.45, 7) is 11.5. The van der Waals surface area contributed by atoms with E-state index >= 15 is 0 Å². The van der Waals surface area contributed by atoms with Crippen molar-refractivity contribution >= 4 is 23.0 Å². The highest BCUT2D eigenvalue weighted by Crippen LogP contribution is 2.36. The molecule has 30 heavy (non-hydrogen) atoms. The predicted molar refractivity (Wildman–Crippen MR) is 120 cm³/mol. The summed E-state index contributed by atoms with van der Waals surface area (Å²) >= 11 is 1.39. The summed E-state index contributed by atoms with van der Waals surface area (Å²) in [6, 6.07) is 3.69. The van der Waals surface area contributed by atoms with Crippen LogP contribution >= 0.6 is 11.8 Å². The third kappa shape index (κ3) is 6.30. The summed E-state index contributed by atoms with van der Waals surface area (Å²) in [5.41, 5.74) is 1.51. The van der Waals surface area contributed by atoms with E-state index in [4.69, 9.17) is 14.2 Å². The van der Waals surface area contributed by atoms with Crippen molar-refractivity contribution in [3.05, 3.63) is 23.3 Å². The molecule has 1 atom stereocenters. The molecule has 2 rings (SSSR count). The first kappa shape index (κ1) is 24.4. The van der Waals surface area contributed by atoms with Gasteiger partial charge in [-0.25, -0.2) is 4.79 Å². The minimum Gasteiger partial charge on any atom is -0.493 e. The Hall–Kier alpha value is -1.89. The smallest absolute Gasteiger partial charge is 0.410 e. The van der Waals surface area contributed by atoms with Gasteiger partial charge in [0.1, 0.15) is 6.61 Å². The van der Waals surface area contributed by atoms with Gasteiger partial charge >= 0.3 is 6.09 Å². The SMILES string of the molecule is COc1cc(C)c(COC(=O)N2CCC(C)(C(=O)SCCC(C)(C)C)C2)cc1OC. The fourth-order valence-electron chi connectivity index (χ4n) is 3.32. The Balaban J connectivity index is 1.91. The van der Waals surface area contributed by atoms with Crippen LogP contribution in [-0.2, 0) is 16.1 Å². The zero-order valence-electron chi connectivity index (χ0n) is 19.3. The van der Waals surface area contributed by atoms with Crippen LogP contribution in [0, 0.1) is 17.8 Å². The zero-order valence-corrected chi connectivity index (χ0v) is 20.1. The van der Waals surface area contributed by atoms with Crippen LogP contribution in [0.2, 0.25) is 0 Å². The van der Waals surface area contributed by atoms with E-state index in [0.29, 0.717) is 31.0 Å². The average Bonchev–Trinajstić information content (AvgIpc) is 3.09. The van der Waals surface area contributed by atoms with Crippen molar-refractivity contribution in [2.75, 3.05) is 33.1 Å². The van der Waals surface area contributed by atoms with Crippen LogP contribution in [0.4, 0.5) is 4.79 Å². The molecule has 0 N–H and O–H groups in total. The van der Waals surface area contributed by atoms with Crippen molar-refractivity contribution in [2.45, 2.75) is 54.1 Å². The molecule has 0 spiro atoms. The van der Waals surface area contributed by atoms with Gasteiger partial charge in [0, 0.05) is 18.8 Å². The van der Waals surface area contributed by atoms with Crippen molar-refractivity contribution in [1.82, 2.24) is 4.90 Å². The third-order valence-corrected chi connectivity index (χ3v) is 6.67. The second-order valence-corrected chi connectivity index (χ2v) is 10.4. The first-order valence-corrected chi connectivity index (χ1v) is 11.3. The standard InChI is InChI=1S/C23H35NO5S/c1-16-12-18(27-6)19(28-7)13-17(16)14-29-21(26)24-10-8-23(5,15-24)20(25)30-11-9-22(2,3)4/h12-13H,8-11,14-15H2,1-7H3. The van der Waals surface area contributed by atoms with Crippen molar-refractivity contribution in [1.29, 1.82) is 0 Å². The van der Waals surface area contributed by atoms with Gasteiger partial charge in [0.25, 0.3) is 0 Å². The van der Waals surface area contributed by atoms with Gasteiger partial charge in [0.05, 0.1) is 19.6 Å². The zero-order chi connectivity index (χ0) is 22.5. The molecule has 1 aromatic carbocycles. The topological polar surface area (TPSA) is 65.1 Å². The normalized spacial score (nSPS) is 19.0. The number of hydrogen-bond acceptors (Lipinski definition) is 6. The molecule has 6 nitrogen and oxygen atoms in total. The molecule has 1 fully saturated rings. The Bertz CT molecular complexity index is 774. The molecular formula is C23H35NO5S. The summed E-state index contributed by atoms with van der Waals surface area (Å²) in [5.74, 6) is 2.05. The molecule has 0 aliphatic carbocycles. The largest absolute Gasteiger partial charge is 0.493 e. The van der Waals surface area contributed by atoms with Crippen molar-refractivity contribution in [3.8, 4) is 11.5 Å². The maximum atomic E-state index is 12.7. The van der Waals surface area contributed by atoms with Crippen LogP contribution < -0.4 is 9.47 Å². The Morgan fingerprint density at radius 2 is 1.80 bits per heavy atom. The van der Waals surface area contributed by atoms with Gasteiger partial charge in [-0.2, -0.15) is 0 Å². The Morgan fingerprint density at radius 3 is 2.40 bits per heavy atom. The summed E-state index contributed by atoms with van der Waals surface area (Å²) in [5, 5.41) is 0.165. The molecule has 1 amide bonds. The van der Waals surface area contributed by atoms with Crippen molar-refractivity contribution in [3.63, 3.8) is 0 Å². The monoisotopic (exact) mass is 437 g/mol. The van der Waals surface area contributed by atoms with E-state index in [1.807, 2.05) is 26.0 Å². The first-order chi connectivity index (χ1) is 14.0. The van der Waals surface area contributed by atoms with Gasteiger partial charge in [-0.1, -0.05) is 32.5 Å². The number of benzene rings is 1. The number of methoxy groups -OCH3 is 2. The van der Waals surface area contributed by atoms with Crippen LogP contribution in [-0.4, -0.2) is 49.2 Å². The molecule has 168 valence electrons. The molecule has 0 radical (unpaired) electrons. The Kier molecular flexibility index (Phi) is 8.08. The number of carbonyl (C=O) groups excluding carboxylic acids is 2. The number of rotatable bonds is 7. The lowest BCUT2D eigenvalue weighted by Crippen LogP contribution is -2.34. The maximum Gasteiger partial charge on any atom is 0.410 e. The molecule has 0 aromatic heterocycles. The number of thioether (sulfide) groups is 1. The van der Waals surface area contributed by atoms with Gasteiger partial charge in [-0.3, -0.25) is 4.79 Å². The Morgan fingerprint density at radius 1 is 1.17 bits per heavy atom. The van der Waals surface area contributed by atoms with E-state index < -0.39 is 5.41 Å². The number of ether oxygens (including phenoxy) is 3. The summed E-state index contributed by atoms with van der Waals surface area (Å²) in [6.07, 6.45) is 1.26. The fraction of sp³-hybridized carbons (Fsp3) is 0.652. The second kappa shape index (κ2) is 9.94. The van der Waals surface area contributed by atoms with E-state index in [2.05, 4.69) is 20.8 Å². The number of hydrogen-bond donors (Lipinski definition) is 0. The highest BCUT2D eigenvalue weighted by Gasteiger charge is 2.42. The van der Waals surface area contributed by atoms with Crippen LogP contribution in [0.3, 0.4) is 0 Å². The number of aryl methyl sites for hydroxylation is 1. The van der Waals surface area contributed by atoms with E-state index in [0.717, 1.165) is 23.3 Å². The van der Waals surface area contributed by atoms with Crippen LogP contribution in [0.15, 0.2) is 12.1 Å². The van der Waals surface area contributed by atoms with E-state index in [1.54, 1.807) is 19.1 Å². The number of carbonyl (C=O) groups is 2. The molecule has 1 unspecified atom stereocenters. The molecular weight excluding hydrogens is 402 g/mol. The minimum absolute atomic E-state index is 0.145. The van der Waals surface area contributed by atoms with E-state index in [-0.39, 0.29) is 23.2 Å². The lowest BCUT2D eigenvalue weighted by atomic mass is 9.92. The number of likely N-dealkylation sites (tertiary alicyclic amines) is 1. The summed E-state index contributed by atoms with van der Waals surface area (Å²) in [4.78, 5) is 27.0. The van der Waals surface area contributed by atoms with Gasteiger partial charge in [0.2, 0.25) is 0 Å². The highest BCUT2D eigenvalue weighted by molar-refractivity contribution is 8.13.